The number of nitrogens with zero attached hydrogens (tertiary/aromatic N) is 1. The summed E-state index contributed by atoms with van der Waals surface area (Å²) in [5.74, 6) is 0. The molecular formula is C15H15N3S. The van der Waals surface area contributed by atoms with Crippen LogP contribution in [0.2, 0.25) is 0 Å². The van der Waals surface area contributed by atoms with Crippen LogP contribution in [0.5, 0.6) is 0 Å². The molecule has 2 N–H and O–H groups in total. The molecule has 0 aliphatic carbocycles. The van der Waals surface area contributed by atoms with Crippen LogP contribution in [0.25, 0.3) is 10.2 Å². The molecule has 19 heavy (non-hydrogen) atoms. The molecule has 0 spiro atoms. The van der Waals surface area contributed by atoms with E-state index in [1.54, 1.807) is 11.3 Å². The monoisotopic (exact) mass is 269 g/mol. The van der Waals surface area contributed by atoms with Gasteiger partial charge in [-0.1, -0.05) is 41.7 Å². The molecule has 4 heteroatoms. The quantitative estimate of drug-likeness (QED) is 0.753. The van der Waals surface area contributed by atoms with E-state index < -0.39 is 0 Å². The first-order chi connectivity index (χ1) is 9.35. The molecule has 96 valence electrons. The third-order valence-corrected chi connectivity index (χ3v) is 3.94. The van der Waals surface area contributed by atoms with Gasteiger partial charge in [0, 0.05) is 19.3 Å². The Kier molecular flexibility index (Phi) is 3.33. The molecule has 0 saturated heterocycles. The third-order valence-electron chi connectivity index (χ3n) is 2.96. The highest BCUT2D eigenvalue weighted by atomic mass is 32.1. The lowest BCUT2D eigenvalue weighted by atomic mass is 10.2. The molecule has 3 rings (SSSR count). The Bertz CT molecular complexity index is 676. The maximum Gasteiger partial charge on any atom is 0.184 e. The molecule has 0 saturated carbocycles. The molecule has 2 aromatic carbocycles. The van der Waals surface area contributed by atoms with Gasteiger partial charge in [-0.15, -0.1) is 0 Å². The van der Waals surface area contributed by atoms with Crippen LogP contribution >= 0.6 is 11.3 Å². The minimum Gasteiger partial charge on any atom is -0.388 e. The van der Waals surface area contributed by atoms with Crippen LogP contribution in [-0.4, -0.2) is 12.0 Å². The predicted octanol–water partition coefficient (Wildman–Crippen LogP) is 3.95. The molecule has 0 aliphatic heterocycles. The van der Waals surface area contributed by atoms with Crippen molar-refractivity contribution in [2.24, 2.45) is 0 Å². The molecule has 0 bridgehead atoms. The minimum atomic E-state index is 0.805. The number of rotatable bonds is 4. The maximum absolute atomic E-state index is 4.58. The van der Waals surface area contributed by atoms with E-state index in [-0.39, 0.29) is 0 Å². The molecule has 0 fully saturated rings. The number of thiazole rings is 1. The average Bonchev–Trinajstić information content (AvgIpc) is 2.88. The summed E-state index contributed by atoms with van der Waals surface area (Å²) in [6.07, 6.45) is 0. The molecule has 1 aromatic heterocycles. The van der Waals surface area contributed by atoms with Crippen molar-refractivity contribution < 1.29 is 0 Å². The van der Waals surface area contributed by atoms with E-state index in [9.17, 15) is 0 Å². The van der Waals surface area contributed by atoms with Crippen molar-refractivity contribution in [1.82, 2.24) is 4.98 Å². The summed E-state index contributed by atoms with van der Waals surface area (Å²) in [7, 11) is 1.93. The SMILES string of the molecule is CNc1ccc2nc(NCc3ccccc3)sc2c1. The largest absolute Gasteiger partial charge is 0.388 e. The van der Waals surface area contributed by atoms with E-state index in [2.05, 4.69) is 45.9 Å². The highest BCUT2D eigenvalue weighted by Crippen LogP contribution is 2.28. The highest BCUT2D eigenvalue weighted by Gasteiger charge is 2.04. The van der Waals surface area contributed by atoms with Gasteiger partial charge in [-0.3, -0.25) is 0 Å². The van der Waals surface area contributed by atoms with E-state index >= 15 is 0 Å². The number of hydrogen-bond acceptors (Lipinski definition) is 4. The second kappa shape index (κ2) is 5.28. The van der Waals surface area contributed by atoms with Crippen LogP contribution < -0.4 is 10.6 Å². The Morgan fingerprint density at radius 2 is 1.95 bits per heavy atom. The number of nitrogens with one attached hydrogen (secondary N) is 2. The van der Waals surface area contributed by atoms with Crippen molar-refractivity contribution >= 4 is 32.4 Å². The highest BCUT2D eigenvalue weighted by molar-refractivity contribution is 7.22. The van der Waals surface area contributed by atoms with Crippen LogP contribution in [0, 0.1) is 0 Å². The lowest BCUT2D eigenvalue weighted by Crippen LogP contribution is -1.97. The van der Waals surface area contributed by atoms with Crippen molar-refractivity contribution in [3.8, 4) is 0 Å². The van der Waals surface area contributed by atoms with Crippen molar-refractivity contribution in [1.29, 1.82) is 0 Å². The van der Waals surface area contributed by atoms with Gasteiger partial charge in [0.1, 0.15) is 0 Å². The fourth-order valence-electron chi connectivity index (χ4n) is 1.93. The zero-order valence-corrected chi connectivity index (χ0v) is 11.5. The first-order valence-electron chi connectivity index (χ1n) is 6.21. The summed E-state index contributed by atoms with van der Waals surface area (Å²) in [4.78, 5) is 4.58. The van der Waals surface area contributed by atoms with Crippen LogP contribution in [0.4, 0.5) is 10.8 Å². The molecule has 3 aromatic rings. The molecule has 0 amide bonds. The van der Waals surface area contributed by atoms with E-state index in [1.807, 2.05) is 25.2 Å². The van der Waals surface area contributed by atoms with Crippen molar-refractivity contribution in [2.45, 2.75) is 6.54 Å². The Morgan fingerprint density at radius 3 is 2.74 bits per heavy atom. The van der Waals surface area contributed by atoms with Gasteiger partial charge < -0.3 is 10.6 Å². The van der Waals surface area contributed by atoms with Gasteiger partial charge in [0.15, 0.2) is 5.13 Å². The molecule has 0 atom stereocenters. The Hall–Kier alpha value is -2.07. The molecule has 3 nitrogen and oxygen atoms in total. The van der Waals surface area contributed by atoms with Gasteiger partial charge in [-0.2, -0.15) is 0 Å². The molecule has 0 radical (unpaired) electrons. The zero-order valence-electron chi connectivity index (χ0n) is 10.7. The van der Waals surface area contributed by atoms with Gasteiger partial charge in [-0.25, -0.2) is 4.98 Å². The van der Waals surface area contributed by atoms with E-state index in [0.29, 0.717) is 0 Å². The fourth-order valence-corrected chi connectivity index (χ4v) is 2.83. The molecule has 1 heterocycles. The van der Waals surface area contributed by atoms with Gasteiger partial charge in [0.25, 0.3) is 0 Å². The minimum absolute atomic E-state index is 0.805. The first kappa shape index (κ1) is 12.0. The predicted molar refractivity (Wildman–Crippen MR) is 82.9 cm³/mol. The topological polar surface area (TPSA) is 37.0 Å². The van der Waals surface area contributed by atoms with Gasteiger partial charge in [0.2, 0.25) is 0 Å². The zero-order chi connectivity index (χ0) is 13.1. The van der Waals surface area contributed by atoms with Crippen LogP contribution in [0.3, 0.4) is 0 Å². The standard InChI is InChI=1S/C15H15N3S/c1-16-12-7-8-13-14(9-12)19-15(18-13)17-10-11-5-3-2-4-6-11/h2-9,16H,10H2,1H3,(H,17,18). The van der Waals surface area contributed by atoms with Crippen LogP contribution in [-0.2, 0) is 6.54 Å². The lowest BCUT2D eigenvalue weighted by molar-refractivity contribution is 1.14. The van der Waals surface area contributed by atoms with Gasteiger partial charge in [0.05, 0.1) is 10.2 Å². The third kappa shape index (κ3) is 2.69. The van der Waals surface area contributed by atoms with E-state index in [0.717, 1.165) is 22.9 Å². The maximum atomic E-state index is 4.58. The first-order valence-corrected chi connectivity index (χ1v) is 7.03. The van der Waals surface area contributed by atoms with Gasteiger partial charge in [-0.05, 0) is 23.8 Å². The van der Waals surface area contributed by atoms with Gasteiger partial charge >= 0.3 is 0 Å². The summed E-state index contributed by atoms with van der Waals surface area (Å²) in [6, 6.07) is 16.6. The fraction of sp³-hybridized carbons (Fsp3) is 0.133. The average molecular weight is 269 g/mol. The summed E-state index contributed by atoms with van der Waals surface area (Å²) < 4.78 is 1.20. The Morgan fingerprint density at radius 1 is 1.11 bits per heavy atom. The summed E-state index contributed by atoms with van der Waals surface area (Å²) in [5.41, 5.74) is 3.42. The van der Waals surface area contributed by atoms with Crippen molar-refractivity contribution in [2.75, 3.05) is 17.7 Å². The second-order valence-electron chi connectivity index (χ2n) is 4.29. The number of anilines is 2. The summed E-state index contributed by atoms with van der Waals surface area (Å²) >= 11 is 1.68. The molecular weight excluding hydrogens is 254 g/mol. The lowest BCUT2D eigenvalue weighted by Gasteiger charge is -2.01. The molecule has 0 unspecified atom stereocenters. The van der Waals surface area contributed by atoms with Crippen LogP contribution in [0.15, 0.2) is 48.5 Å². The number of aromatic nitrogens is 1. The number of benzene rings is 2. The van der Waals surface area contributed by atoms with Crippen molar-refractivity contribution in [3.05, 3.63) is 54.1 Å². The molecule has 0 aliphatic rings. The Balaban J connectivity index is 1.78. The number of fused-ring (bicyclic) bond motifs is 1. The summed E-state index contributed by atoms with van der Waals surface area (Å²) in [6.45, 7) is 0.805. The van der Waals surface area contributed by atoms with E-state index in [4.69, 9.17) is 0 Å². The number of hydrogen-bond donors (Lipinski definition) is 2. The second-order valence-corrected chi connectivity index (χ2v) is 5.32. The smallest absolute Gasteiger partial charge is 0.184 e. The van der Waals surface area contributed by atoms with Crippen molar-refractivity contribution in [3.63, 3.8) is 0 Å². The normalized spacial score (nSPS) is 10.6. The van der Waals surface area contributed by atoms with E-state index in [1.165, 1.54) is 10.3 Å². The Labute approximate surface area is 116 Å². The summed E-state index contributed by atoms with van der Waals surface area (Å²) in [5, 5.41) is 7.48. The van der Waals surface area contributed by atoms with Crippen LogP contribution in [0.1, 0.15) is 5.56 Å².